The van der Waals surface area contributed by atoms with Gasteiger partial charge in [0.25, 0.3) is 0 Å². The quantitative estimate of drug-likeness (QED) is 0.744. The summed E-state index contributed by atoms with van der Waals surface area (Å²) in [5, 5.41) is 11.7. The van der Waals surface area contributed by atoms with Crippen LogP contribution in [0.25, 0.3) is 16.8 Å². The van der Waals surface area contributed by atoms with E-state index in [-0.39, 0.29) is 11.5 Å². The number of aromatic hydroxyl groups is 1. The van der Waals surface area contributed by atoms with E-state index in [1.54, 1.807) is 0 Å². The van der Waals surface area contributed by atoms with Gasteiger partial charge in [-0.25, -0.2) is 0 Å². The molecule has 1 N–H and O–H groups in total. The average molecular weight is 224 g/mol. The van der Waals surface area contributed by atoms with Crippen molar-refractivity contribution in [1.29, 1.82) is 0 Å². The van der Waals surface area contributed by atoms with Crippen molar-refractivity contribution in [2.45, 2.75) is 13.8 Å². The number of phenolic OH excluding ortho intramolecular Hbond substituents is 1. The van der Waals surface area contributed by atoms with Gasteiger partial charge in [-0.05, 0) is 42.7 Å². The predicted octanol–water partition coefficient (Wildman–Crippen LogP) is 3.45. The van der Waals surface area contributed by atoms with Crippen LogP contribution < -0.4 is 0 Å². The van der Waals surface area contributed by atoms with Crippen LogP contribution in [0.15, 0.2) is 29.8 Å². The van der Waals surface area contributed by atoms with Gasteiger partial charge in [-0.3, -0.25) is 4.79 Å². The summed E-state index contributed by atoms with van der Waals surface area (Å²) in [5.41, 5.74) is 3.29. The van der Waals surface area contributed by atoms with Crippen LogP contribution in [0, 0.1) is 6.92 Å². The van der Waals surface area contributed by atoms with Gasteiger partial charge >= 0.3 is 0 Å². The highest BCUT2D eigenvalue weighted by Crippen LogP contribution is 2.37. The lowest BCUT2D eigenvalue weighted by Crippen LogP contribution is -2.07. The summed E-state index contributed by atoms with van der Waals surface area (Å²) in [5.74, 6) is 0.317. The standard InChI is InChI=1S/C15H12O2/c1-8-6-10-7-9(2)15(17)12-5-3-4-11(13(10)12)14(8)16/h3-7,16H,1-2H3. The van der Waals surface area contributed by atoms with Crippen LogP contribution in [0.1, 0.15) is 28.4 Å². The Balaban J connectivity index is 2.58. The van der Waals surface area contributed by atoms with Crippen molar-refractivity contribution in [3.8, 4) is 5.75 Å². The Kier molecular flexibility index (Phi) is 1.90. The third-order valence-electron chi connectivity index (χ3n) is 3.33. The number of hydrogen-bond donors (Lipinski definition) is 1. The zero-order valence-electron chi connectivity index (χ0n) is 9.74. The number of hydrogen-bond acceptors (Lipinski definition) is 2. The largest absolute Gasteiger partial charge is 0.507 e. The molecule has 0 spiro atoms. The summed E-state index contributed by atoms with van der Waals surface area (Å²) in [6.45, 7) is 3.70. The highest BCUT2D eigenvalue weighted by Gasteiger charge is 2.20. The molecule has 0 saturated heterocycles. The number of carbonyl (C=O) groups excluding carboxylic acids is 1. The van der Waals surface area contributed by atoms with Crippen LogP contribution in [0.3, 0.4) is 0 Å². The van der Waals surface area contributed by atoms with Crippen molar-refractivity contribution in [3.63, 3.8) is 0 Å². The van der Waals surface area contributed by atoms with Gasteiger partial charge in [-0.1, -0.05) is 18.2 Å². The molecule has 0 radical (unpaired) electrons. The van der Waals surface area contributed by atoms with Crippen molar-refractivity contribution in [2.75, 3.05) is 0 Å². The van der Waals surface area contributed by atoms with E-state index in [1.165, 1.54) is 0 Å². The summed E-state index contributed by atoms with van der Waals surface area (Å²) in [6, 6.07) is 7.42. The van der Waals surface area contributed by atoms with E-state index in [1.807, 2.05) is 44.2 Å². The molecule has 0 atom stereocenters. The number of carbonyl (C=O) groups is 1. The minimum Gasteiger partial charge on any atom is -0.507 e. The first-order valence-corrected chi connectivity index (χ1v) is 5.58. The van der Waals surface area contributed by atoms with E-state index in [9.17, 15) is 9.90 Å². The molecule has 17 heavy (non-hydrogen) atoms. The molecular weight excluding hydrogens is 212 g/mol. The van der Waals surface area contributed by atoms with Gasteiger partial charge in [-0.15, -0.1) is 0 Å². The smallest absolute Gasteiger partial charge is 0.189 e. The highest BCUT2D eigenvalue weighted by atomic mass is 16.3. The first-order chi connectivity index (χ1) is 8.09. The lowest BCUT2D eigenvalue weighted by molar-refractivity contribution is 0.103. The lowest BCUT2D eigenvalue weighted by atomic mass is 9.87. The first-order valence-electron chi connectivity index (χ1n) is 5.58. The third-order valence-corrected chi connectivity index (χ3v) is 3.33. The average Bonchev–Trinajstić information content (AvgIpc) is 2.32. The zero-order chi connectivity index (χ0) is 12.2. The van der Waals surface area contributed by atoms with Crippen molar-refractivity contribution in [1.82, 2.24) is 0 Å². The Hall–Kier alpha value is -2.09. The van der Waals surface area contributed by atoms with Gasteiger partial charge < -0.3 is 5.11 Å². The second kappa shape index (κ2) is 3.20. The van der Waals surface area contributed by atoms with Gasteiger partial charge in [0, 0.05) is 16.3 Å². The van der Waals surface area contributed by atoms with Crippen LogP contribution in [-0.4, -0.2) is 10.9 Å². The zero-order valence-corrected chi connectivity index (χ0v) is 9.74. The van der Waals surface area contributed by atoms with Gasteiger partial charge in [-0.2, -0.15) is 0 Å². The number of rotatable bonds is 0. The minimum atomic E-state index is 0.0475. The molecule has 0 fully saturated rings. The van der Waals surface area contributed by atoms with Crippen molar-refractivity contribution >= 4 is 22.6 Å². The second-order valence-electron chi connectivity index (χ2n) is 4.52. The molecule has 0 unspecified atom stereocenters. The van der Waals surface area contributed by atoms with E-state index in [2.05, 4.69) is 0 Å². The number of Topliss-reactive ketones (excluding diaryl/α,β-unsaturated/α-hetero) is 1. The molecule has 2 aromatic carbocycles. The lowest BCUT2D eigenvalue weighted by Gasteiger charge is -2.16. The van der Waals surface area contributed by atoms with Crippen molar-refractivity contribution in [3.05, 3.63) is 46.5 Å². The maximum Gasteiger partial charge on any atom is 0.189 e. The molecule has 0 aromatic heterocycles. The van der Waals surface area contributed by atoms with Crippen LogP contribution in [-0.2, 0) is 0 Å². The van der Waals surface area contributed by atoms with Gasteiger partial charge in [0.15, 0.2) is 5.78 Å². The number of ketones is 1. The summed E-state index contributed by atoms with van der Waals surface area (Å²) < 4.78 is 0. The van der Waals surface area contributed by atoms with Gasteiger partial charge in [0.05, 0.1) is 0 Å². The van der Waals surface area contributed by atoms with Crippen molar-refractivity contribution in [2.24, 2.45) is 0 Å². The molecule has 2 aromatic rings. The Labute approximate surface area is 99.2 Å². The Bertz CT molecular complexity index is 694. The molecule has 1 aliphatic rings. The normalized spacial score (nSPS) is 14.0. The maximum absolute atomic E-state index is 12.0. The van der Waals surface area contributed by atoms with E-state index >= 15 is 0 Å². The molecule has 2 heteroatoms. The molecule has 2 nitrogen and oxygen atoms in total. The van der Waals surface area contributed by atoms with E-state index < -0.39 is 0 Å². The summed E-state index contributed by atoms with van der Waals surface area (Å²) in [7, 11) is 0. The number of phenols is 1. The van der Waals surface area contributed by atoms with E-state index in [0.29, 0.717) is 5.56 Å². The number of benzene rings is 2. The highest BCUT2D eigenvalue weighted by molar-refractivity contribution is 6.23. The van der Waals surface area contributed by atoms with Crippen LogP contribution in [0.5, 0.6) is 5.75 Å². The first kappa shape index (κ1) is 10.1. The van der Waals surface area contributed by atoms with E-state index in [4.69, 9.17) is 0 Å². The fourth-order valence-electron chi connectivity index (χ4n) is 2.46. The Morgan fingerprint density at radius 1 is 1.18 bits per heavy atom. The Morgan fingerprint density at radius 2 is 1.94 bits per heavy atom. The molecule has 0 aliphatic heterocycles. The summed E-state index contributed by atoms with van der Waals surface area (Å²) in [6.07, 6.45) is 1.89. The fraction of sp³-hybridized carbons (Fsp3) is 0.133. The molecule has 1 aliphatic carbocycles. The SMILES string of the molecule is CC1=Cc2cc(C)c(O)c3cccc(c23)C1=O. The van der Waals surface area contributed by atoms with Crippen LogP contribution in [0.2, 0.25) is 0 Å². The monoisotopic (exact) mass is 224 g/mol. The molecule has 0 saturated carbocycles. The maximum atomic E-state index is 12.0. The second-order valence-corrected chi connectivity index (χ2v) is 4.52. The third kappa shape index (κ3) is 1.24. The molecule has 0 heterocycles. The van der Waals surface area contributed by atoms with Gasteiger partial charge in [0.2, 0.25) is 0 Å². The molecule has 3 rings (SSSR count). The van der Waals surface area contributed by atoms with Crippen LogP contribution >= 0.6 is 0 Å². The minimum absolute atomic E-state index is 0.0475. The van der Waals surface area contributed by atoms with Crippen molar-refractivity contribution < 1.29 is 9.90 Å². The number of allylic oxidation sites excluding steroid dienone is 1. The molecule has 0 bridgehead atoms. The van der Waals surface area contributed by atoms with Crippen LogP contribution in [0.4, 0.5) is 0 Å². The molecule has 84 valence electrons. The molecule has 0 amide bonds. The topological polar surface area (TPSA) is 37.3 Å². The summed E-state index contributed by atoms with van der Waals surface area (Å²) in [4.78, 5) is 12.0. The number of aryl methyl sites for hydroxylation is 1. The fourth-order valence-corrected chi connectivity index (χ4v) is 2.46. The van der Waals surface area contributed by atoms with E-state index in [0.717, 1.165) is 27.5 Å². The summed E-state index contributed by atoms with van der Waals surface area (Å²) >= 11 is 0. The van der Waals surface area contributed by atoms with Gasteiger partial charge in [0.1, 0.15) is 5.75 Å². The Morgan fingerprint density at radius 3 is 2.71 bits per heavy atom. The predicted molar refractivity (Wildman–Crippen MR) is 68.3 cm³/mol. The molecular formula is C15H12O2.